The van der Waals surface area contributed by atoms with Crippen molar-refractivity contribution in [2.45, 2.75) is 45.1 Å². The molecule has 0 aliphatic heterocycles. The topological polar surface area (TPSA) is 43.8 Å². The molecular formula is C11H19N3. The quantitative estimate of drug-likeness (QED) is 0.796. The van der Waals surface area contributed by atoms with Gasteiger partial charge in [0, 0.05) is 17.7 Å². The van der Waals surface area contributed by atoms with Crippen molar-refractivity contribution < 1.29 is 0 Å². The van der Waals surface area contributed by atoms with Crippen LogP contribution in [0.5, 0.6) is 0 Å². The van der Waals surface area contributed by atoms with Gasteiger partial charge < -0.3 is 5.73 Å². The van der Waals surface area contributed by atoms with E-state index < -0.39 is 0 Å². The minimum Gasteiger partial charge on any atom is -0.330 e. The Morgan fingerprint density at radius 2 is 2.43 bits per heavy atom. The van der Waals surface area contributed by atoms with Crippen molar-refractivity contribution in [2.24, 2.45) is 5.73 Å². The summed E-state index contributed by atoms with van der Waals surface area (Å²) < 4.78 is 2.17. The van der Waals surface area contributed by atoms with Crippen LogP contribution in [0.2, 0.25) is 0 Å². The smallest absolute Gasteiger partial charge is 0.0524 e. The molecule has 0 saturated heterocycles. The molecule has 0 aromatic carbocycles. The molecule has 1 atom stereocenters. The molecule has 0 fully saturated rings. The van der Waals surface area contributed by atoms with Gasteiger partial charge in [0.1, 0.15) is 0 Å². The molecule has 1 aromatic rings. The van der Waals surface area contributed by atoms with E-state index in [9.17, 15) is 0 Å². The monoisotopic (exact) mass is 193 g/mol. The fourth-order valence-corrected chi connectivity index (χ4v) is 2.41. The van der Waals surface area contributed by atoms with Gasteiger partial charge in [0.15, 0.2) is 0 Å². The lowest BCUT2D eigenvalue weighted by Crippen LogP contribution is -2.12. The first-order valence-electron chi connectivity index (χ1n) is 5.50. The van der Waals surface area contributed by atoms with Gasteiger partial charge in [0.25, 0.3) is 0 Å². The van der Waals surface area contributed by atoms with Crippen LogP contribution in [-0.4, -0.2) is 16.3 Å². The standard InChI is InChI=1S/C11H19N3/c1-8(2)14-11-9(5-6-12)3-4-10(11)7-13-14/h7-9H,3-6,12H2,1-2H3. The Balaban J connectivity index is 2.30. The molecule has 0 amide bonds. The highest BCUT2D eigenvalue weighted by Gasteiger charge is 2.27. The molecule has 0 saturated carbocycles. The summed E-state index contributed by atoms with van der Waals surface area (Å²) >= 11 is 0. The Labute approximate surface area is 85.3 Å². The molecule has 1 aromatic heterocycles. The van der Waals surface area contributed by atoms with Crippen molar-refractivity contribution >= 4 is 0 Å². The van der Waals surface area contributed by atoms with Gasteiger partial charge >= 0.3 is 0 Å². The lowest BCUT2D eigenvalue weighted by molar-refractivity contribution is 0.476. The number of hydrogen-bond donors (Lipinski definition) is 1. The summed E-state index contributed by atoms with van der Waals surface area (Å²) in [6, 6.07) is 0.470. The Kier molecular flexibility index (Phi) is 2.59. The van der Waals surface area contributed by atoms with Crippen molar-refractivity contribution in [2.75, 3.05) is 6.54 Å². The summed E-state index contributed by atoms with van der Waals surface area (Å²) in [7, 11) is 0. The summed E-state index contributed by atoms with van der Waals surface area (Å²) in [6.45, 7) is 5.16. The minimum absolute atomic E-state index is 0.470. The van der Waals surface area contributed by atoms with E-state index in [-0.39, 0.29) is 0 Å². The molecule has 1 aliphatic carbocycles. The number of rotatable bonds is 3. The van der Waals surface area contributed by atoms with Crippen molar-refractivity contribution in [3.63, 3.8) is 0 Å². The van der Waals surface area contributed by atoms with Gasteiger partial charge in [0.05, 0.1) is 6.20 Å². The lowest BCUT2D eigenvalue weighted by Gasteiger charge is -2.15. The molecule has 3 heteroatoms. The number of aryl methyl sites for hydroxylation is 1. The molecule has 0 bridgehead atoms. The maximum absolute atomic E-state index is 5.63. The molecule has 0 spiro atoms. The third-order valence-corrected chi connectivity index (χ3v) is 3.07. The zero-order chi connectivity index (χ0) is 10.1. The minimum atomic E-state index is 0.470. The van der Waals surface area contributed by atoms with E-state index in [2.05, 4.69) is 23.6 Å². The molecule has 14 heavy (non-hydrogen) atoms. The zero-order valence-electron chi connectivity index (χ0n) is 9.03. The third-order valence-electron chi connectivity index (χ3n) is 3.07. The van der Waals surface area contributed by atoms with E-state index in [0.717, 1.165) is 13.0 Å². The predicted molar refractivity (Wildman–Crippen MR) is 57.3 cm³/mol. The van der Waals surface area contributed by atoms with E-state index >= 15 is 0 Å². The Bertz CT molecular complexity index is 314. The SMILES string of the molecule is CC(C)n1ncc2c1C(CCN)CC2. The Morgan fingerprint density at radius 1 is 1.64 bits per heavy atom. The van der Waals surface area contributed by atoms with E-state index in [4.69, 9.17) is 5.73 Å². The van der Waals surface area contributed by atoms with Gasteiger partial charge in [-0.1, -0.05) is 0 Å². The van der Waals surface area contributed by atoms with E-state index in [1.807, 2.05) is 6.20 Å². The first-order valence-corrected chi connectivity index (χ1v) is 5.50. The molecule has 2 N–H and O–H groups in total. The molecule has 1 unspecified atom stereocenters. The number of hydrogen-bond acceptors (Lipinski definition) is 2. The number of fused-ring (bicyclic) bond motifs is 1. The molecular weight excluding hydrogens is 174 g/mol. The molecule has 1 aliphatic rings. The Hall–Kier alpha value is -0.830. The van der Waals surface area contributed by atoms with Gasteiger partial charge in [0.2, 0.25) is 0 Å². The first-order chi connectivity index (χ1) is 6.74. The van der Waals surface area contributed by atoms with Gasteiger partial charge in [-0.15, -0.1) is 0 Å². The average Bonchev–Trinajstić information content (AvgIpc) is 2.67. The largest absolute Gasteiger partial charge is 0.330 e. The van der Waals surface area contributed by atoms with E-state index in [1.165, 1.54) is 24.1 Å². The molecule has 78 valence electrons. The van der Waals surface area contributed by atoms with Gasteiger partial charge in [-0.3, -0.25) is 4.68 Å². The van der Waals surface area contributed by atoms with Crippen LogP contribution in [0.3, 0.4) is 0 Å². The van der Waals surface area contributed by atoms with Crippen molar-refractivity contribution in [3.05, 3.63) is 17.5 Å². The van der Waals surface area contributed by atoms with Crippen LogP contribution >= 0.6 is 0 Å². The van der Waals surface area contributed by atoms with Crippen molar-refractivity contribution in [1.29, 1.82) is 0 Å². The van der Waals surface area contributed by atoms with Crippen LogP contribution in [-0.2, 0) is 6.42 Å². The van der Waals surface area contributed by atoms with E-state index in [1.54, 1.807) is 0 Å². The highest BCUT2D eigenvalue weighted by Crippen LogP contribution is 2.36. The van der Waals surface area contributed by atoms with E-state index in [0.29, 0.717) is 12.0 Å². The average molecular weight is 193 g/mol. The second-order valence-electron chi connectivity index (χ2n) is 4.41. The van der Waals surface area contributed by atoms with Crippen LogP contribution in [0.4, 0.5) is 0 Å². The zero-order valence-corrected chi connectivity index (χ0v) is 9.03. The van der Waals surface area contributed by atoms with Crippen LogP contribution < -0.4 is 5.73 Å². The summed E-state index contributed by atoms with van der Waals surface area (Å²) in [5.41, 5.74) is 8.52. The summed E-state index contributed by atoms with van der Waals surface area (Å²) in [4.78, 5) is 0. The second-order valence-corrected chi connectivity index (χ2v) is 4.41. The number of nitrogens with two attached hydrogens (primary N) is 1. The van der Waals surface area contributed by atoms with Crippen LogP contribution in [0.1, 0.15) is 49.9 Å². The third kappa shape index (κ3) is 1.46. The van der Waals surface area contributed by atoms with Crippen molar-refractivity contribution in [1.82, 2.24) is 9.78 Å². The summed E-state index contributed by atoms with van der Waals surface area (Å²) in [6.07, 6.45) is 5.58. The fourth-order valence-electron chi connectivity index (χ4n) is 2.41. The number of nitrogens with zero attached hydrogens (tertiary/aromatic N) is 2. The first kappa shape index (κ1) is 9.71. The maximum Gasteiger partial charge on any atom is 0.0524 e. The normalized spacial score (nSPS) is 20.4. The lowest BCUT2D eigenvalue weighted by atomic mass is 10.0. The van der Waals surface area contributed by atoms with Crippen molar-refractivity contribution in [3.8, 4) is 0 Å². The second kappa shape index (κ2) is 3.73. The molecule has 3 nitrogen and oxygen atoms in total. The summed E-state index contributed by atoms with van der Waals surface area (Å²) in [5, 5.41) is 4.45. The summed E-state index contributed by atoms with van der Waals surface area (Å²) in [5.74, 6) is 0.653. The van der Waals surface area contributed by atoms with Gasteiger partial charge in [-0.25, -0.2) is 0 Å². The van der Waals surface area contributed by atoms with Crippen LogP contribution in [0.15, 0.2) is 6.20 Å². The van der Waals surface area contributed by atoms with Gasteiger partial charge in [-0.2, -0.15) is 5.10 Å². The maximum atomic E-state index is 5.63. The molecule has 0 radical (unpaired) electrons. The predicted octanol–water partition coefficient (Wildman–Crippen LogP) is 1.84. The van der Waals surface area contributed by atoms with Gasteiger partial charge in [-0.05, 0) is 45.2 Å². The molecule has 2 rings (SSSR count). The highest BCUT2D eigenvalue weighted by atomic mass is 15.3. The Morgan fingerprint density at radius 3 is 3.07 bits per heavy atom. The molecule has 1 heterocycles. The fraction of sp³-hybridized carbons (Fsp3) is 0.727. The highest BCUT2D eigenvalue weighted by molar-refractivity contribution is 5.28. The van der Waals surface area contributed by atoms with Crippen LogP contribution in [0, 0.1) is 0 Å². The van der Waals surface area contributed by atoms with Crippen LogP contribution in [0.25, 0.3) is 0 Å². The number of aromatic nitrogens is 2.